The summed E-state index contributed by atoms with van der Waals surface area (Å²) in [6, 6.07) is 11.5. The summed E-state index contributed by atoms with van der Waals surface area (Å²) in [5.41, 5.74) is 9.23. The average molecular weight is 267 g/mol. The number of rotatable bonds is 4. The molecule has 0 spiro atoms. The highest BCUT2D eigenvalue weighted by molar-refractivity contribution is 5.39. The topological polar surface area (TPSA) is 71.9 Å². The molecule has 2 aromatic rings. The van der Waals surface area contributed by atoms with E-state index in [9.17, 15) is 0 Å². The van der Waals surface area contributed by atoms with Crippen LogP contribution in [0.1, 0.15) is 35.3 Å². The van der Waals surface area contributed by atoms with Crippen LogP contribution in [0.4, 0.5) is 0 Å². The maximum atomic E-state index is 9.01. The van der Waals surface area contributed by atoms with Gasteiger partial charge in [-0.3, -0.25) is 0 Å². The third-order valence-corrected chi connectivity index (χ3v) is 3.04. The fourth-order valence-corrected chi connectivity index (χ4v) is 1.97. The molecule has 0 saturated carbocycles. The molecule has 2 rings (SSSR count). The number of nitrogens with zero attached hydrogens (tertiary/aromatic N) is 2. The second-order valence-corrected chi connectivity index (χ2v) is 4.74. The van der Waals surface area contributed by atoms with E-state index in [1.807, 2.05) is 38.1 Å². The molecular weight excluding hydrogens is 250 g/mol. The van der Waals surface area contributed by atoms with E-state index in [4.69, 9.17) is 15.7 Å². The molecule has 0 aliphatic heterocycles. The molecule has 0 fully saturated rings. The fourth-order valence-electron chi connectivity index (χ4n) is 1.97. The highest BCUT2D eigenvalue weighted by Crippen LogP contribution is 2.26. The maximum Gasteiger partial charge on any atom is 0.147 e. The Hall–Kier alpha value is -2.38. The van der Waals surface area contributed by atoms with Crippen LogP contribution in [0.25, 0.3) is 0 Å². The lowest BCUT2D eigenvalue weighted by Gasteiger charge is -2.15. The van der Waals surface area contributed by atoms with E-state index >= 15 is 0 Å². The summed E-state index contributed by atoms with van der Waals surface area (Å²) < 4.78 is 5.81. The van der Waals surface area contributed by atoms with E-state index in [1.54, 1.807) is 12.3 Å². The molecule has 1 aromatic carbocycles. The zero-order chi connectivity index (χ0) is 14.5. The predicted octanol–water partition coefficient (Wildman–Crippen LogP) is 2.86. The van der Waals surface area contributed by atoms with Crippen molar-refractivity contribution in [2.24, 2.45) is 5.73 Å². The van der Waals surface area contributed by atoms with Crippen LogP contribution in [-0.2, 0) is 6.61 Å². The Morgan fingerprint density at radius 1 is 1.40 bits per heavy atom. The predicted molar refractivity (Wildman–Crippen MR) is 77.1 cm³/mol. The van der Waals surface area contributed by atoms with Gasteiger partial charge in [0.15, 0.2) is 0 Å². The lowest BCUT2D eigenvalue weighted by Crippen LogP contribution is -2.09. The molecule has 0 amide bonds. The number of nitriles is 1. The van der Waals surface area contributed by atoms with Crippen molar-refractivity contribution < 1.29 is 4.74 Å². The quantitative estimate of drug-likeness (QED) is 0.924. The van der Waals surface area contributed by atoms with Gasteiger partial charge in [-0.05, 0) is 26.0 Å². The van der Waals surface area contributed by atoms with Crippen LogP contribution in [0.3, 0.4) is 0 Å². The van der Waals surface area contributed by atoms with Gasteiger partial charge in [-0.2, -0.15) is 5.26 Å². The zero-order valence-corrected chi connectivity index (χ0v) is 11.6. The smallest absolute Gasteiger partial charge is 0.147 e. The van der Waals surface area contributed by atoms with Gasteiger partial charge in [0.1, 0.15) is 24.1 Å². The Bertz CT molecular complexity index is 644. The van der Waals surface area contributed by atoms with Crippen molar-refractivity contribution in [1.82, 2.24) is 4.98 Å². The summed E-state index contributed by atoms with van der Waals surface area (Å²) >= 11 is 0. The number of hydrogen-bond donors (Lipinski definition) is 1. The molecule has 4 heteroatoms. The first-order valence-corrected chi connectivity index (χ1v) is 6.44. The molecule has 20 heavy (non-hydrogen) atoms. The minimum Gasteiger partial charge on any atom is -0.488 e. The van der Waals surface area contributed by atoms with Gasteiger partial charge in [0, 0.05) is 23.4 Å². The van der Waals surface area contributed by atoms with E-state index in [0.29, 0.717) is 12.3 Å². The van der Waals surface area contributed by atoms with Crippen molar-refractivity contribution in [3.63, 3.8) is 0 Å². The zero-order valence-electron chi connectivity index (χ0n) is 11.6. The van der Waals surface area contributed by atoms with Gasteiger partial charge in [0.25, 0.3) is 0 Å². The van der Waals surface area contributed by atoms with Crippen molar-refractivity contribution in [2.75, 3.05) is 0 Å². The van der Waals surface area contributed by atoms with Gasteiger partial charge in [0.05, 0.1) is 0 Å². The number of ether oxygens (including phenoxy) is 1. The Kier molecular flexibility index (Phi) is 4.34. The van der Waals surface area contributed by atoms with Crippen LogP contribution in [0.5, 0.6) is 5.75 Å². The molecule has 2 N–H and O–H groups in total. The molecule has 0 bridgehead atoms. The van der Waals surface area contributed by atoms with E-state index in [-0.39, 0.29) is 6.04 Å². The lowest BCUT2D eigenvalue weighted by atomic mass is 10.1. The van der Waals surface area contributed by atoms with Gasteiger partial charge < -0.3 is 10.5 Å². The van der Waals surface area contributed by atoms with Crippen molar-refractivity contribution in [3.8, 4) is 11.8 Å². The van der Waals surface area contributed by atoms with Crippen LogP contribution in [-0.4, -0.2) is 4.98 Å². The van der Waals surface area contributed by atoms with Crippen LogP contribution in [0.15, 0.2) is 36.5 Å². The minimum absolute atomic E-state index is 0.103. The van der Waals surface area contributed by atoms with Crippen molar-refractivity contribution >= 4 is 0 Å². The molecule has 0 unspecified atom stereocenters. The van der Waals surface area contributed by atoms with Gasteiger partial charge in [-0.1, -0.05) is 23.8 Å². The molecule has 1 aromatic heterocycles. The molecule has 0 aliphatic carbocycles. The highest BCUT2D eigenvalue weighted by Gasteiger charge is 2.10. The lowest BCUT2D eigenvalue weighted by molar-refractivity contribution is 0.300. The summed E-state index contributed by atoms with van der Waals surface area (Å²) in [6.45, 7) is 4.25. The minimum atomic E-state index is -0.103. The number of aryl methyl sites for hydroxylation is 1. The van der Waals surface area contributed by atoms with Gasteiger partial charge >= 0.3 is 0 Å². The molecule has 102 valence electrons. The van der Waals surface area contributed by atoms with E-state index in [1.165, 1.54) is 0 Å². The standard InChI is InChI=1S/C16H17N3O/c1-11-5-6-16(14(8-11)12(2)18)20-10-13-4-3-7-19-15(13)9-17/h3-8,12H,10,18H2,1-2H3/t12-/m1/s1. The second-order valence-electron chi connectivity index (χ2n) is 4.74. The largest absolute Gasteiger partial charge is 0.488 e. The molecular formula is C16H17N3O. The molecule has 0 saturated heterocycles. The number of hydrogen-bond acceptors (Lipinski definition) is 4. The second kappa shape index (κ2) is 6.18. The molecule has 4 nitrogen and oxygen atoms in total. The third-order valence-electron chi connectivity index (χ3n) is 3.04. The summed E-state index contributed by atoms with van der Waals surface area (Å²) in [6.07, 6.45) is 1.60. The Morgan fingerprint density at radius 3 is 2.90 bits per heavy atom. The number of pyridine rings is 1. The highest BCUT2D eigenvalue weighted by atomic mass is 16.5. The van der Waals surface area contributed by atoms with Gasteiger partial charge in [-0.15, -0.1) is 0 Å². The normalized spacial score (nSPS) is 11.7. The Morgan fingerprint density at radius 2 is 2.20 bits per heavy atom. The van der Waals surface area contributed by atoms with Crippen LogP contribution < -0.4 is 10.5 Å². The van der Waals surface area contributed by atoms with Crippen molar-refractivity contribution in [2.45, 2.75) is 26.5 Å². The molecule has 1 atom stereocenters. The van der Waals surface area contributed by atoms with Crippen LogP contribution >= 0.6 is 0 Å². The number of nitrogens with two attached hydrogens (primary N) is 1. The first-order valence-electron chi connectivity index (χ1n) is 6.44. The van der Waals surface area contributed by atoms with E-state index in [2.05, 4.69) is 11.1 Å². The summed E-state index contributed by atoms with van der Waals surface area (Å²) in [4.78, 5) is 4.02. The Labute approximate surface area is 118 Å². The fraction of sp³-hybridized carbons (Fsp3) is 0.250. The van der Waals surface area contributed by atoms with Gasteiger partial charge in [-0.25, -0.2) is 4.98 Å². The van der Waals surface area contributed by atoms with Crippen molar-refractivity contribution in [3.05, 3.63) is 58.9 Å². The molecule has 0 aliphatic rings. The van der Waals surface area contributed by atoms with Crippen molar-refractivity contribution in [1.29, 1.82) is 5.26 Å². The summed E-state index contributed by atoms with van der Waals surface area (Å²) in [5.74, 6) is 0.748. The van der Waals surface area contributed by atoms with E-state index < -0.39 is 0 Å². The Balaban J connectivity index is 2.21. The first-order chi connectivity index (χ1) is 9.61. The number of benzene rings is 1. The SMILES string of the molecule is Cc1ccc(OCc2cccnc2C#N)c([C@@H](C)N)c1. The third kappa shape index (κ3) is 3.14. The van der Waals surface area contributed by atoms with Crippen LogP contribution in [0, 0.1) is 18.3 Å². The van der Waals surface area contributed by atoms with Gasteiger partial charge in [0.2, 0.25) is 0 Å². The summed E-state index contributed by atoms with van der Waals surface area (Å²) in [5, 5.41) is 9.01. The van der Waals surface area contributed by atoms with E-state index in [0.717, 1.165) is 22.4 Å². The number of aromatic nitrogens is 1. The summed E-state index contributed by atoms with van der Waals surface area (Å²) in [7, 11) is 0. The van der Waals surface area contributed by atoms with Crippen LogP contribution in [0.2, 0.25) is 0 Å². The molecule has 0 radical (unpaired) electrons. The first kappa shape index (κ1) is 14.0. The molecule has 1 heterocycles. The average Bonchev–Trinajstić information content (AvgIpc) is 2.46. The maximum absolute atomic E-state index is 9.01. The monoisotopic (exact) mass is 267 g/mol.